The molecule has 2 aromatic rings. The molecule has 0 saturated heterocycles. The highest BCUT2D eigenvalue weighted by molar-refractivity contribution is 6.33. The van der Waals surface area contributed by atoms with Gasteiger partial charge >= 0.3 is 0 Å². The molecule has 0 aliphatic carbocycles. The first-order valence-corrected chi connectivity index (χ1v) is 6.06. The van der Waals surface area contributed by atoms with Crippen molar-refractivity contribution in [1.82, 2.24) is 4.98 Å². The van der Waals surface area contributed by atoms with Crippen LogP contribution in [0, 0.1) is 0 Å². The lowest BCUT2D eigenvalue weighted by molar-refractivity contribution is 0.0946. The lowest BCUT2D eigenvalue weighted by Gasteiger charge is -2.20. The number of nitrogen functional groups attached to an aromatic ring is 1. The van der Waals surface area contributed by atoms with Crippen LogP contribution >= 0.6 is 11.6 Å². The Bertz CT molecular complexity index is 578. The van der Waals surface area contributed by atoms with Crippen molar-refractivity contribution in [1.29, 1.82) is 0 Å². The molecule has 0 amide bonds. The highest BCUT2D eigenvalue weighted by Gasteiger charge is 2.16. The largest absolute Gasteiger partial charge is 0.395 e. The average molecular weight is 266 g/mol. The maximum atomic E-state index is 9.76. The Morgan fingerprint density at radius 3 is 2.72 bits per heavy atom. The standard InChI is InChI=1S/C13H16ClN3O/c1-13(2,18)7-16-11-8-5-3-4-6-9(8)17-12(14)10(11)15/h3-6,18H,7,15H2,1-2H3,(H,16,17). The second-order valence-electron chi connectivity index (χ2n) is 4.87. The molecule has 0 unspecified atom stereocenters. The smallest absolute Gasteiger partial charge is 0.154 e. The van der Waals surface area contributed by atoms with Crippen LogP contribution in [0.5, 0.6) is 0 Å². The van der Waals surface area contributed by atoms with Gasteiger partial charge in [-0.15, -0.1) is 0 Å². The molecule has 4 N–H and O–H groups in total. The predicted octanol–water partition coefficient (Wildman–Crippen LogP) is 2.65. The highest BCUT2D eigenvalue weighted by Crippen LogP contribution is 2.33. The van der Waals surface area contributed by atoms with Gasteiger partial charge in [0.25, 0.3) is 0 Å². The number of nitrogens with one attached hydrogen (secondary N) is 1. The third-order valence-corrected chi connectivity index (χ3v) is 2.87. The lowest BCUT2D eigenvalue weighted by Crippen LogP contribution is -2.29. The van der Waals surface area contributed by atoms with Gasteiger partial charge in [0.15, 0.2) is 5.15 Å². The van der Waals surface area contributed by atoms with Gasteiger partial charge in [0.2, 0.25) is 0 Å². The van der Waals surface area contributed by atoms with Crippen molar-refractivity contribution in [2.45, 2.75) is 19.4 Å². The third-order valence-electron chi connectivity index (χ3n) is 2.58. The second kappa shape index (κ2) is 4.63. The van der Waals surface area contributed by atoms with E-state index in [0.717, 1.165) is 10.9 Å². The van der Waals surface area contributed by atoms with E-state index in [-0.39, 0.29) is 5.15 Å². The molecule has 1 aromatic heterocycles. The maximum absolute atomic E-state index is 9.76. The van der Waals surface area contributed by atoms with Gasteiger partial charge in [-0.3, -0.25) is 0 Å². The molecule has 0 aliphatic heterocycles. The molecule has 0 atom stereocenters. The number of anilines is 2. The van der Waals surface area contributed by atoms with Gasteiger partial charge in [0, 0.05) is 11.9 Å². The number of aromatic nitrogens is 1. The van der Waals surface area contributed by atoms with Crippen LogP contribution in [0.2, 0.25) is 5.15 Å². The zero-order valence-corrected chi connectivity index (χ0v) is 11.1. The number of rotatable bonds is 3. The fourth-order valence-electron chi connectivity index (χ4n) is 1.69. The summed E-state index contributed by atoms with van der Waals surface area (Å²) in [6, 6.07) is 7.59. The first kappa shape index (κ1) is 12.9. The van der Waals surface area contributed by atoms with E-state index in [4.69, 9.17) is 17.3 Å². The first-order chi connectivity index (χ1) is 8.38. The SMILES string of the molecule is CC(C)(O)CNc1c(N)c(Cl)nc2ccccc12. The van der Waals surface area contributed by atoms with Crippen molar-refractivity contribution in [3.05, 3.63) is 29.4 Å². The molecule has 18 heavy (non-hydrogen) atoms. The number of benzene rings is 1. The van der Waals surface area contributed by atoms with Crippen molar-refractivity contribution in [3.8, 4) is 0 Å². The van der Waals surface area contributed by atoms with Gasteiger partial charge < -0.3 is 16.2 Å². The summed E-state index contributed by atoms with van der Waals surface area (Å²) >= 11 is 6.00. The molecule has 5 heteroatoms. The van der Waals surface area contributed by atoms with Crippen LogP contribution in [0.25, 0.3) is 10.9 Å². The van der Waals surface area contributed by atoms with Crippen LogP contribution in [0.15, 0.2) is 24.3 Å². The van der Waals surface area contributed by atoms with Crippen LogP contribution < -0.4 is 11.1 Å². The Balaban J connectivity index is 2.50. The highest BCUT2D eigenvalue weighted by atomic mass is 35.5. The van der Waals surface area contributed by atoms with Gasteiger partial charge in [-0.25, -0.2) is 4.98 Å². The van der Waals surface area contributed by atoms with Gasteiger partial charge in [-0.05, 0) is 19.9 Å². The average Bonchev–Trinajstić information content (AvgIpc) is 2.28. The number of fused-ring (bicyclic) bond motifs is 1. The minimum absolute atomic E-state index is 0.270. The Morgan fingerprint density at radius 1 is 1.39 bits per heavy atom. The molecule has 96 valence electrons. The lowest BCUT2D eigenvalue weighted by atomic mass is 10.1. The summed E-state index contributed by atoms with van der Waals surface area (Å²) in [5.74, 6) is 0. The van der Waals surface area contributed by atoms with Crippen molar-refractivity contribution in [3.63, 3.8) is 0 Å². The number of nitrogens with zero attached hydrogens (tertiary/aromatic N) is 1. The molecule has 2 rings (SSSR count). The first-order valence-electron chi connectivity index (χ1n) is 5.68. The molecular formula is C13H16ClN3O. The summed E-state index contributed by atoms with van der Waals surface area (Å²) in [4.78, 5) is 4.22. The molecule has 4 nitrogen and oxygen atoms in total. The van der Waals surface area contributed by atoms with Gasteiger partial charge in [0.1, 0.15) is 0 Å². The maximum Gasteiger partial charge on any atom is 0.154 e. The number of nitrogens with two attached hydrogens (primary N) is 1. The molecule has 0 bridgehead atoms. The van der Waals surface area contributed by atoms with Crippen molar-refractivity contribution in [2.24, 2.45) is 0 Å². The van der Waals surface area contributed by atoms with E-state index >= 15 is 0 Å². The minimum atomic E-state index is -0.830. The van der Waals surface area contributed by atoms with E-state index in [9.17, 15) is 5.11 Å². The molecule has 0 spiro atoms. The molecule has 1 heterocycles. The van der Waals surface area contributed by atoms with E-state index in [1.807, 2.05) is 24.3 Å². The Kier molecular flexibility index (Phi) is 3.32. The van der Waals surface area contributed by atoms with Gasteiger partial charge in [0.05, 0.1) is 22.5 Å². The second-order valence-corrected chi connectivity index (χ2v) is 5.23. The Morgan fingerprint density at radius 2 is 2.06 bits per heavy atom. The summed E-state index contributed by atoms with van der Waals surface area (Å²) < 4.78 is 0. The molecular weight excluding hydrogens is 250 g/mol. The van der Waals surface area contributed by atoms with Crippen molar-refractivity contribution in [2.75, 3.05) is 17.6 Å². The van der Waals surface area contributed by atoms with Crippen molar-refractivity contribution >= 4 is 33.9 Å². The molecule has 1 aromatic carbocycles. The number of hydrogen-bond acceptors (Lipinski definition) is 4. The van der Waals surface area contributed by atoms with E-state index < -0.39 is 5.60 Å². The number of para-hydroxylation sites is 1. The molecule has 0 saturated carbocycles. The Hall–Kier alpha value is -1.52. The minimum Gasteiger partial charge on any atom is -0.395 e. The van der Waals surface area contributed by atoms with Crippen LogP contribution in [-0.4, -0.2) is 22.2 Å². The Labute approximate surface area is 111 Å². The van der Waals surface area contributed by atoms with E-state index in [0.29, 0.717) is 17.9 Å². The third kappa shape index (κ3) is 2.66. The number of halogens is 1. The van der Waals surface area contributed by atoms with Crippen LogP contribution in [0.4, 0.5) is 11.4 Å². The fourth-order valence-corrected chi connectivity index (χ4v) is 1.88. The summed E-state index contributed by atoms with van der Waals surface area (Å²) in [6.45, 7) is 3.82. The quantitative estimate of drug-likeness (QED) is 0.746. The number of hydrogen-bond donors (Lipinski definition) is 3. The molecule has 0 aliphatic rings. The van der Waals surface area contributed by atoms with Crippen LogP contribution in [0.1, 0.15) is 13.8 Å². The fraction of sp³-hybridized carbons (Fsp3) is 0.308. The van der Waals surface area contributed by atoms with Crippen molar-refractivity contribution < 1.29 is 5.11 Å². The van der Waals surface area contributed by atoms with Gasteiger partial charge in [-0.2, -0.15) is 0 Å². The molecule has 0 fully saturated rings. The topological polar surface area (TPSA) is 71.2 Å². The zero-order chi connectivity index (χ0) is 13.3. The van der Waals surface area contributed by atoms with Crippen LogP contribution in [0.3, 0.4) is 0 Å². The summed E-state index contributed by atoms with van der Waals surface area (Å²) in [5, 5.41) is 14.1. The monoisotopic (exact) mass is 265 g/mol. The number of aliphatic hydroxyl groups is 1. The molecule has 0 radical (unpaired) electrons. The van der Waals surface area contributed by atoms with Crippen LogP contribution in [-0.2, 0) is 0 Å². The normalized spacial score (nSPS) is 11.8. The van der Waals surface area contributed by atoms with E-state index in [1.54, 1.807) is 13.8 Å². The number of pyridine rings is 1. The predicted molar refractivity (Wildman–Crippen MR) is 76.0 cm³/mol. The summed E-state index contributed by atoms with van der Waals surface area (Å²) in [7, 11) is 0. The zero-order valence-electron chi connectivity index (χ0n) is 10.4. The van der Waals surface area contributed by atoms with E-state index in [2.05, 4.69) is 10.3 Å². The van der Waals surface area contributed by atoms with E-state index in [1.165, 1.54) is 0 Å². The summed E-state index contributed by atoms with van der Waals surface area (Å²) in [5.41, 5.74) is 7.00. The van der Waals surface area contributed by atoms with Gasteiger partial charge in [-0.1, -0.05) is 29.8 Å². The summed E-state index contributed by atoms with van der Waals surface area (Å²) in [6.07, 6.45) is 0.